The smallest absolute Gasteiger partial charge is 0.345 e. The van der Waals surface area contributed by atoms with E-state index in [0.29, 0.717) is 23.3 Å². The number of hydrogen-bond acceptors (Lipinski definition) is 4. The fourth-order valence-corrected chi connectivity index (χ4v) is 4.38. The molecule has 0 bridgehead atoms. The van der Waals surface area contributed by atoms with Crippen molar-refractivity contribution in [2.45, 2.75) is 32.9 Å². The zero-order valence-electron chi connectivity index (χ0n) is 17.3. The molecule has 0 fully saturated rings. The molecule has 0 atom stereocenters. The van der Waals surface area contributed by atoms with Gasteiger partial charge >= 0.3 is 5.63 Å². The van der Waals surface area contributed by atoms with Crippen molar-refractivity contribution in [2.24, 2.45) is 0 Å². The molecule has 150 valence electrons. The van der Waals surface area contributed by atoms with Crippen molar-refractivity contribution in [3.8, 4) is 5.75 Å². The van der Waals surface area contributed by atoms with Crippen molar-refractivity contribution < 1.29 is 9.15 Å². The maximum absolute atomic E-state index is 13.1. The van der Waals surface area contributed by atoms with Crippen LogP contribution in [0.25, 0.3) is 27.3 Å². The predicted octanol–water partition coefficient (Wildman–Crippen LogP) is 6.13. The Kier molecular flexibility index (Phi) is 4.17. The Hall–Kier alpha value is -3.53. The minimum atomic E-state index is -0.348. The average molecular weight is 397 g/mol. The van der Waals surface area contributed by atoms with Crippen LogP contribution in [0.5, 0.6) is 5.75 Å². The second-order valence-corrected chi connectivity index (χ2v) is 8.38. The fraction of sp³-hybridized carbons (Fsp3) is 0.192. The third-order valence-electron chi connectivity index (χ3n) is 5.54. The number of para-hydroxylation sites is 1. The SMILES string of the molecule is CC1=CC(C)(C)Nc2ccc3c(c21)c(=O)oc1c(OCc2ccccc2)cccc13. The number of benzene rings is 3. The fourth-order valence-electron chi connectivity index (χ4n) is 4.38. The molecule has 4 nitrogen and oxygen atoms in total. The molecule has 0 aliphatic carbocycles. The first-order chi connectivity index (χ1) is 14.4. The van der Waals surface area contributed by atoms with Gasteiger partial charge in [-0.05, 0) is 44.0 Å². The van der Waals surface area contributed by atoms with Gasteiger partial charge in [0.1, 0.15) is 6.61 Å². The summed E-state index contributed by atoms with van der Waals surface area (Å²) < 4.78 is 11.8. The summed E-state index contributed by atoms with van der Waals surface area (Å²) in [6.45, 7) is 6.68. The van der Waals surface area contributed by atoms with Gasteiger partial charge in [-0.15, -0.1) is 0 Å². The van der Waals surface area contributed by atoms with Crippen LogP contribution < -0.4 is 15.7 Å². The van der Waals surface area contributed by atoms with E-state index in [1.807, 2.05) is 67.6 Å². The molecule has 1 aliphatic heterocycles. The normalized spacial score (nSPS) is 14.8. The Bertz CT molecular complexity index is 1360. The van der Waals surface area contributed by atoms with Crippen LogP contribution in [0.1, 0.15) is 31.9 Å². The monoisotopic (exact) mass is 397 g/mol. The third kappa shape index (κ3) is 3.05. The van der Waals surface area contributed by atoms with Gasteiger partial charge in [-0.1, -0.05) is 54.6 Å². The molecule has 0 radical (unpaired) electrons. The number of ether oxygens (including phenoxy) is 1. The maximum Gasteiger partial charge on any atom is 0.345 e. The van der Waals surface area contributed by atoms with E-state index in [0.717, 1.165) is 33.2 Å². The van der Waals surface area contributed by atoms with Gasteiger partial charge < -0.3 is 14.5 Å². The van der Waals surface area contributed by atoms with Crippen molar-refractivity contribution in [1.82, 2.24) is 0 Å². The lowest BCUT2D eigenvalue weighted by atomic mass is 9.88. The zero-order chi connectivity index (χ0) is 20.9. The molecule has 0 amide bonds. The summed E-state index contributed by atoms with van der Waals surface area (Å²) in [6, 6.07) is 19.7. The molecule has 4 heteroatoms. The number of allylic oxidation sites excluding steroid dienone is 1. The molecule has 1 aliphatic rings. The minimum absolute atomic E-state index is 0.166. The highest BCUT2D eigenvalue weighted by Gasteiger charge is 2.26. The van der Waals surface area contributed by atoms with Crippen LogP contribution in [0.15, 0.2) is 76.0 Å². The summed E-state index contributed by atoms with van der Waals surface area (Å²) in [6.07, 6.45) is 2.15. The topological polar surface area (TPSA) is 51.5 Å². The van der Waals surface area contributed by atoms with Crippen LogP contribution in [0.3, 0.4) is 0 Å². The van der Waals surface area contributed by atoms with Crippen molar-refractivity contribution >= 4 is 33.0 Å². The predicted molar refractivity (Wildman–Crippen MR) is 122 cm³/mol. The Morgan fingerprint density at radius 3 is 2.57 bits per heavy atom. The van der Waals surface area contributed by atoms with Gasteiger partial charge in [0.25, 0.3) is 0 Å². The van der Waals surface area contributed by atoms with E-state index in [4.69, 9.17) is 9.15 Å². The highest BCUT2D eigenvalue weighted by Crippen LogP contribution is 2.40. The maximum atomic E-state index is 13.1. The first kappa shape index (κ1) is 18.5. The second-order valence-electron chi connectivity index (χ2n) is 8.38. The first-order valence-corrected chi connectivity index (χ1v) is 10.1. The summed E-state index contributed by atoms with van der Waals surface area (Å²) >= 11 is 0. The number of nitrogens with one attached hydrogen (secondary N) is 1. The molecular weight excluding hydrogens is 374 g/mol. The standard InChI is InChI=1S/C26H23NO3/c1-16-14-26(2,3)27-20-13-12-18-19-10-7-11-21(29-15-17-8-5-4-6-9-17)24(19)30-25(28)23(18)22(16)20/h4-14,27H,15H2,1-3H3. The molecule has 0 saturated heterocycles. The van der Waals surface area contributed by atoms with Crippen LogP contribution in [0, 0.1) is 0 Å². The first-order valence-electron chi connectivity index (χ1n) is 10.1. The van der Waals surface area contributed by atoms with E-state index in [9.17, 15) is 4.79 Å². The summed E-state index contributed by atoms with van der Waals surface area (Å²) in [7, 11) is 0. The Morgan fingerprint density at radius 2 is 1.77 bits per heavy atom. The Balaban J connectivity index is 1.68. The summed E-state index contributed by atoms with van der Waals surface area (Å²) in [5.74, 6) is 0.569. The van der Waals surface area contributed by atoms with Crippen molar-refractivity contribution in [2.75, 3.05) is 5.32 Å². The largest absolute Gasteiger partial charge is 0.485 e. The van der Waals surface area contributed by atoms with Crippen LogP contribution in [-0.2, 0) is 6.61 Å². The molecule has 30 heavy (non-hydrogen) atoms. The van der Waals surface area contributed by atoms with E-state index in [2.05, 4.69) is 25.2 Å². The second kappa shape index (κ2) is 6.77. The van der Waals surface area contributed by atoms with E-state index in [1.165, 1.54) is 0 Å². The summed E-state index contributed by atoms with van der Waals surface area (Å²) in [5.41, 5.74) is 3.97. The Labute approximate surface area is 174 Å². The molecule has 5 rings (SSSR count). The van der Waals surface area contributed by atoms with Crippen molar-refractivity contribution in [3.63, 3.8) is 0 Å². The van der Waals surface area contributed by atoms with Gasteiger partial charge in [0, 0.05) is 22.0 Å². The van der Waals surface area contributed by atoms with E-state index < -0.39 is 0 Å². The quantitative estimate of drug-likeness (QED) is 0.334. The van der Waals surface area contributed by atoms with Gasteiger partial charge in [-0.3, -0.25) is 0 Å². The number of rotatable bonds is 3. The number of hydrogen-bond donors (Lipinski definition) is 1. The number of fused-ring (bicyclic) bond motifs is 5. The van der Waals surface area contributed by atoms with Crippen LogP contribution >= 0.6 is 0 Å². The molecule has 1 aromatic heterocycles. The van der Waals surface area contributed by atoms with E-state index >= 15 is 0 Å². The van der Waals surface area contributed by atoms with Gasteiger partial charge in [0.15, 0.2) is 11.3 Å². The third-order valence-corrected chi connectivity index (χ3v) is 5.54. The van der Waals surface area contributed by atoms with E-state index in [1.54, 1.807) is 0 Å². The molecule has 3 aromatic carbocycles. The van der Waals surface area contributed by atoms with Gasteiger partial charge in [-0.25, -0.2) is 4.79 Å². The summed E-state index contributed by atoms with van der Waals surface area (Å²) in [5, 5.41) is 5.86. The van der Waals surface area contributed by atoms with Crippen molar-refractivity contribution in [3.05, 3.63) is 88.3 Å². The highest BCUT2D eigenvalue weighted by molar-refractivity contribution is 6.11. The van der Waals surface area contributed by atoms with Gasteiger partial charge in [0.2, 0.25) is 0 Å². The molecule has 4 aromatic rings. The van der Waals surface area contributed by atoms with Crippen LogP contribution in [0.2, 0.25) is 0 Å². The van der Waals surface area contributed by atoms with Crippen LogP contribution in [-0.4, -0.2) is 5.54 Å². The lowest BCUT2D eigenvalue weighted by Crippen LogP contribution is -2.31. The average Bonchev–Trinajstić information content (AvgIpc) is 2.72. The van der Waals surface area contributed by atoms with Gasteiger partial charge in [-0.2, -0.15) is 0 Å². The van der Waals surface area contributed by atoms with E-state index in [-0.39, 0.29) is 11.2 Å². The zero-order valence-corrected chi connectivity index (χ0v) is 17.3. The minimum Gasteiger partial charge on any atom is -0.485 e. The molecule has 1 N–H and O–H groups in total. The number of anilines is 1. The molecule has 0 saturated carbocycles. The van der Waals surface area contributed by atoms with Crippen LogP contribution in [0.4, 0.5) is 5.69 Å². The highest BCUT2D eigenvalue weighted by atomic mass is 16.5. The molecular formula is C26H23NO3. The molecule has 2 heterocycles. The molecule has 0 spiro atoms. The Morgan fingerprint density at radius 1 is 0.967 bits per heavy atom. The van der Waals surface area contributed by atoms with Gasteiger partial charge in [0.05, 0.1) is 10.9 Å². The lowest BCUT2D eigenvalue weighted by molar-refractivity contribution is 0.304. The molecule has 0 unspecified atom stereocenters. The van der Waals surface area contributed by atoms with Crippen molar-refractivity contribution in [1.29, 1.82) is 0 Å². The lowest BCUT2D eigenvalue weighted by Gasteiger charge is -2.32. The summed E-state index contributed by atoms with van der Waals surface area (Å²) in [4.78, 5) is 13.1.